The van der Waals surface area contributed by atoms with E-state index < -0.39 is 0 Å². The lowest BCUT2D eigenvalue weighted by molar-refractivity contribution is 0.103. The summed E-state index contributed by atoms with van der Waals surface area (Å²) in [5.41, 5.74) is 7.10. The van der Waals surface area contributed by atoms with Crippen LogP contribution in [0.15, 0.2) is 36.4 Å². The van der Waals surface area contributed by atoms with E-state index in [0.29, 0.717) is 46.5 Å². The zero-order valence-electron chi connectivity index (χ0n) is 10.6. The zero-order chi connectivity index (χ0) is 14.1. The second kappa shape index (κ2) is 5.06. The third kappa shape index (κ3) is 2.30. The average molecular weight is 290 g/mol. The van der Waals surface area contributed by atoms with E-state index in [1.54, 1.807) is 36.4 Å². The van der Waals surface area contributed by atoms with Crippen molar-refractivity contribution in [3.63, 3.8) is 0 Å². The molecule has 0 fully saturated rings. The lowest BCUT2D eigenvalue weighted by Crippen LogP contribution is -2.15. The van der Waals surface area contributed by atoms with Crippen molar-refractivity contribution >= 4 is 23.1 Å². The first-order valence-electron chi connectivity index (χ1n) is 6.14. The number of halogens is 1. The molecule has 2 N–H and O–H groups in total. The average Bonchev–Trinajstić information content (AvgIpc) is 2.49. The Labute approximate surface area is 121 Å². The van der Waals surface area contributed by atoms with Crippen LogP contribution in [-0.4, -0.2) is 19.0 Å². The first-order valence-corrected chi connectivity index (χ1v) is 6.52. The number of hydrogen-bond acceptors (Lipinski definition) is 4. The van der Waals surface area contributed by atoms with E-state index in [9.17, 15) is 4.79 Å². The molecule has 0 saturated carbocycles. The van der Waals surface area contributed by atoms with Crippen LogP contribution in [0.1, 0.15) is 15.9 Å². The number of nitrogen functional groups attached to an aromatic ring is 1. The molecule has 0 unspecified atom stereocenters. The Bertz CT molecular complexity index is 685. The second-order valence-electron chi connectivity index (χ2n) is 4.42. The standard InChI is InChI=1S/C15H12ClNO3/c16-11-7-9(1-3-12(11)17)15(18)10-2-4-13-14(8-10)20-6-5-19-13/h1-4,7-8H,5-6,17H2. The maximum absolute atomic E-state index is 12.4. The van der Waals surface area contributed by atoms with Crippen LogP contribution in [0.2, 0.25) is 5.02 Å². The lowest BCUT2D eigenvalue weighted by atomic mass is 10.0. The Hall–Kier alpha value is -2.20. The largest absolute Gasteiger partial charge is 0.486 e. The smallest absolute Gasteiger partial charge is 0.193 e. The van der Waals surface area contributed by atoms with Gasteiger partial charge in [0, 0.05) is 11.1 Å². The molecule has 1 aliphatic rings. The van der Waals surface area contributed by atoms with Gasteiger partial charge in [-0.3, -0.25) is 4.79 Å². The topological polar surface area (TPSA) is 61.6 Å². The third-order valence-corrected chi connectivity index (χ3v) is 3.39. The number of anilines is 1. The van der Waals surface area contributed by atoms with Crippen molar-refractivity contribution in [1.82, 2.24) is 0 Å². The summed E-state index contributed by atoms with van der Waals surface area (Å²) in [6.07, 6.45) is 0. The highest BCUT2D eigenvalue weighted by molar-refractivity contribution is 6.33. The third-order valence-electron chi connectivity index (χ3n) is 3.07. The summed E-state index contributed by atoms with van der Waals surface area (Å²) >= 11 is 5.94. The monoisotopic (exact) mass is 289 g/mol. The number of carbonyl (C=O) groups excluding carboxylic acids is 1. The summed E-state index contributed by atoms with van der Waals surface area (Å²) in [6, 6.07) is 9.96. The maximum atomic E-state index is 12.4. The van der Waals surface area contributed by atoms with E-state index in [0.717, 1.165) is 0 Å². The summed E-state index contributed by atoms with van der Waals surface area (Å²) in [4.78, 5) is 12.4. The highest BCUT2D eigenvalue weighted by Gasteiger charge is 2.16. The van der Waals surface area contributed by atoms with Crippen LogP contribution in [-0.2, 0) is 0 Å². The molecule has 20 heavy (non-hydrogen) atoms. The van der Waals surface area contributed by atoms with Crippen molar-refractivity contribution in [3.8, 4) is 11.5 Å². The summed E-state index contributed by atoms with van der Waals surface area (Å²) < 4.78 is 10.9. The number of nitrogens with two attached hydrogens (primary N) is 1. The Morgan fingerprint density at radius 2 is 1.65 bits per heavy atom. The highest BCUT2D eigenvalue weighted by atomic mass is 35.5. The molecule has 3 rings (SSSR count). The first-order chi connectivity index (χ1) is 9.65. The molecule has 0 radical (unpaired) electrons. The molecule has 2 aromatic rings. The fourth-order valence-corrected chi connectivity index (χ4v) is 2.20. The normalized spacial score (nSPS) is 13.1. The highest BCUT2D eigenvalue weighted by Crippen LogP contribution is 2.31. The van der Waals surface area contributed by atoms with Crippen LogP contribution in [0.5, 0.6) is 11.5 Å². The maximum Gasteiger partial charge on any atom is 0.193 e. The van der Waals surface area contributed by atoms with Gasteiger partial charge in [-0.15, -0.1) is 0 Å². The fraction of sp³-hybridized carbons (Fsp3) is 0.133. The number of fused-ring (bicyclic) bond motifs is 1. The van der Waals surface area contributed by atoms with E-state index in [-0.39, 0.29) is 5.78 Å². The van der Waals surface area contributed by atoms with Gasteiger partial charge in [0.2, 0.25) is 0 Å². The summed E-state index contributed by atoms with van der Waals surface area (Å²) in [7, 11) is 0. The summed E-state index contributed by atoms with van der Waals surface area (Å²) in [5.74, 6) is 1.11. The van der Waals surface area contributed by atoms with Gasteiger partial charge in [0.05, 0.1) is 10.7 Å². The van der Waals surface area contributed by atoms with Crippen LogP contribution >= 0.6 is 11.6 Å². The van der Waals surface area contributed by atoms with Gasteiger partial charge in [0.15, 0.2) is 17.3 Å². The molecule has 0 bridgehead atoms. The number of ether oxygens (including phenoxy) is 2. The van der Waals surface area contributed by atoms with E-state index in [4.69, 9.17) is 26.8 Å². The Morgan fingerprint density at radius 3 is 2.40 bits per heavy atom. The molecular formula is C15H12ClNO3. The molecule has 1 heterocycles. The van der Waals surface area contributed by atoms with Crippen LogP contribution in [0, 0.1) is 0 Å². The van der Waals surface area contributed by atoms with E-state index in [2.05, 4.69) is 0 Å². The molecule has 1 aliphatic heterocycles. The lowest BCUT2D eigenvalue weighted by Gasteiger charge is -2.18. The molecule has 0 atom stereocenters. The summed E-state index contributed by atoms with van der Waals surface area (Å²) in [6.45, 7) is 1.01. The Morgan fingerprint density at radius 1 is 1.00 bits per heavy atom. The van der Waals surface area contributed by atoms with Gasteiger partial charge in [-0.05, 0) is 36.4 Å². The number of hydrogen-bond donors (Lipinski definition) is 1. The van der Waals surface area contributed by atoms with Gasteiger partial charge >= 0.3 is 0 Å². The minimum atomic E-state index is -0.135. The van der Waals surface area contributed by atoms with Crippen molar-refractivity contribution < 1.29 is 14.3 Å². The first kappa shape index (κ1) is 12.8. The van der Waals surface area contributed by atoms with Gasteiger partial charge in [-0.2, -0.15) is 0 Å². The minimum absolute atomic E-state index is 0.135. The van der Waals surface area contributed by atoms with Crippen LogP contribution in [0.25, 0.3) is 0 Å². The predicted molar refractivity (Wildman–Crippen MR) is 76.7 cm³/mol. The zero-order valence-corrected chi connectivity index (χ0v) is 11.3. The van der Waals surface area contributed by atoms with Crippen LogP contribution in [0.4, 0.5) is 5.69 Å². The molecule has 5 heteroatoms. The minimum Gasteiger partial charge on any atom is -0.486 e. The molecular weight excluding hydrogens is 278 g/mol. The molecule has 0 saturated heterocycles. The second-order valence-corrected chi connectivity index (χ2v) is 4.83. The molecule has 0 aromatic heterocycles. The molecule has 2 aromatic carbocycles. The van der Waals surface area contributed by atoms with Gasteiger partial charge in [0.1, 0.15) is 13.2 Å². The quantitative estimate of drug-likeness (QED) is 0.682. The summed E-state index contributed by atoms with van der Waals surface area (Å²) in [5, 5.41) is 0.369. The molecule has 0 aliphatic carbocycles. The van der Waals surface area contributed by atoms with Crippen molar-refractivity contribution in [2.24, 2.45) is 0 Å². The molecule has 102 valence electrons. The Balaban J connectivity index is 1.95. The number of benzene rings is 2. The van der Waals surface area contributed by atoms with E-state index in [1.807, 2.05) is 0 Å². The predicted octanol–water partition coefficient (Wildman–Crippen LogP) is 2.92. The van der Waals surface area contributed by atoms with Gasteiger partial charge in [-0.1, -0.05) is 11.6 Å². The van der Waals surface area contributed by atoms with Gasteiger partial charge < -0.3 is 15.2 Å². The van der Waals surface area contributed by atoms with Crippen LogP contribution < -0.4 is 15.2 Å². The van der Waals surface area contributed by atoms with Crippen molar-refractivity contribution in [2.45, 2.75) is 0 Å². The van der Waals surface area contributed by atoms with Crippen molar-refractivity contribution in [1.29, 1.82) is 0 Å². The Kier molecular flexibility index (Phi) is 3.24. The van der Waals surface area contributed by atoms with Gasteiger partial charge in [0.25, 0.3) is 0 Å². The number of ketones is 1. The fourth-order valence-electron chi connectivity index (χ4n) is 2.02. The molecule has 0 spiro atoms. The van der Waals surface area contributed by atoms with Crippen molar-refractivity contribution in [2.75, 3.05) is 18.9 Å². The van der Waals surface area contributed by atoms with Crippen LogP contribution in [0.3, 0.4) is 0 Å². The number of rotatable bonds is 2. The molecule has 4 nitrogen and oxygen atoms in total. The van der Waals surface area contributed by atoms with E-state index >= 15 is 0 Å². The SMILES string of the molecule is Nc1ccc(C(=O)c2ccc3c(c2)OCCO3)cc1Cl. The van der Waals surface area contributed by atoms with Gasteiger partial charge in [-0.25, -0.2) is 0 Å². The van der Waals surface area contributed by atoms with E-state index in [1.165, 1.54) is 0 Å². The number of carbonyl (C=O) groups is 1. The molecule has 0 amide bonds. The van der Waals surface area contributed by atoms with Crippen molar-refractivity contribution in [3.05, 3.63) is 52.5 Å².